The van der Waals surface area contributed by atoms with Crippen LogP contribution in [0.4, 0.5) is 0 Å². The fraction of sp³-hybridized carbons (Fsp3) is 0.667. The highest BCUT2D eigenvalue weighted by molar-refractivity contribution is 5.24. The van der Waals surface area contributed by atoms with Crippen molar-refractivity contribution in [2.75, 3.05) is 0 Å². The summed E-state index contributed by atoms with van der Waals surface area (Å²) in [7, 11) is 0. The van der Waals surface area contributed by atoms with Gasteiger partial charge in [0.25, 0.3) is 0 Å². The van der Waals surface area contributed by atoms with Crippen molar-refractivity contribution < 1.29 is 9.47 Å². The lowest BCUT2D eigenvalue weighted by molar-refractivity contribution is -0.163. The smallest absolute Gasteiger partial charge is 0.155 e. The number of benzene rings is 1. The standard InChI is InChI=1S/C16H26O2.C2H6/c1-5-6-10-14(3)18-15(4)17-12-16-11-8-7-9-13(16)2;1-2/h7-9,11,14-15H,5-6,10,12H2,1-4H3;1-2H3. The summed E-state index contributed by atoms with van der Waals surface area (Å²) < 4.78 is 11.5. The molecule has 0 aliphatic rings. The van der Waals surface area contributed by atoms with Crippen molar-refractivity contribution >= 4 is 0 Å². The van der Waals surface area contributed by atoms with Crippen LogP contribution in [0.2, 0.25) is 0 Å². The maximum atomic E-state index is 5.79. The van der Waals surface area contributed by atoms with Crippen molar-refractivity contribution in [2.45, 2.75) is 79.8 Å². The van der Waals surface area contributed by atoms with Crippen LogP contribution in [0.25, 0.3) is 0 Å². The second-order valence-corrected chi connectivity index (χ2v) is 4.89. The van der Waals surface area contributed by atoms with Crippen LogP contribution in [0, 0.1) is 6.92 Å². The molecule has 1 rings (SSSR count). The topological polar surface area (TPSA) is 18.5 Å². The lowest BCUT2D eigenvalue weighted by Gasteiger charge is -2.19. The Hall–Kier alpha value is -0.860. The molecule has 2 atom stereocenters. The van der Waals surface area contributed by atoms with E-state index in [1.54, 1.807) is 0 Å². The van der Waals surface area contributed by atoms with Crippen LogP contribution in [-0.2, 0) is 16.1 Å². The fourth-order valence-corrected chi connectivity index (χ4v) is 1.91. The van der Waals surface area contributed by atoms with Crippen LogP contribution in [-0.4, -0.2) is 12.4 Å². The molecule has 0 aromatic heterocycles. The molecule has 2 unspecified atom stereocenters. The summed E-state index contributed by atoms with van der Waals surface area (Å²) in [5.74, 6) is 0. The molecule has 2 heteroatoms. The molecule has 0 saturated carbocycles. The lowest BCUT2D eigenvalue weighted by atomic mass is 10.1. The molecular formula is C18H32O2. The second kappa shape index (κ2) is 11.9. The Morgan fingerprint density at radius 1 is 1.10 bits per heavy atom. The first kappa shape index (κ1) is 19.1. The largest absolute Gasteiger partial charge is 0.350 e. The lowest BCUT2D eigenvalue weighted by Crippen LogP contribution is -2.20. The van der Waals surface area contributed by atoms with E-state index in [2.05, 4.69) is 32.9 Å². The molecule has 1 aromatic carbocycles. The zero-order chi connectivity index (χ0) is 15.4. The minimum absolute atomic E-state index is 0.142. The van der Waals surface area contributed by atoms with Gasteiger partial charge in [0.05, 0.1) is 12.7 Å². The van der Waals surface area contributed by atoms with E-state index in [1.807, 2.05) is 32.9 Å². The molecule has 2 nitrogen and oxygen atoms in total. The van der Waals surface area contributed by atoms with E-state index in [0.717, 1.165) is 6.42 Å². The molecule has 0 aliphatic carbocycles. The first-order valence-electron chi connectivity index (χ1n) is 7.95. The first-order valence-corrected chi connectivity index (χ1v) is 7.95. The van der Waals surface area contributed by atoms with Gasteiger partial charge >= 0.3 is 0 Å². The van der Waals surface area contributed by atoms with Crippen molar-refractivity contribution in [3.8, 4) is 0 Å². The molecule has 20 heavy (non-hydrogen) atoms. The average molecular weight is 280 g/mol. The summed E-state index contributed by atoms with van der Waals surface area (Å²) in [6.45, 7) is 13.0. The van der Waals surface area contributed by atoms with Gasteiger partial charge in [0.1, 0.15) is 0 Å². The molecule has 0 saturated heterocycles. The maximum absolute atomic E-state index is 5.79. The Bertz CT molecular complexity index is 336. The van der Waals surface area contributed by atoms with Crippen molar-refractivity contribution in [3.05, 3.63) is 35.4 Å². The molecule has 0 N–H and O–H groups in total. The third-order valence-electron chi connectivity index (χ3n) is 3.12. The Kier molecular flexibility index (Phi) is 11.4. The average Bonchev–Trinajstić information content (AvgIpc) is 2.46. The first-order chi connectivity index (χ1) is 9.63. The van der Waals surface area contributed by atoms with Gasteiger partial charge < -0.3 is 9.47 Å². The normalized spacial score (nSPS) is 13.3. The Morgan fingerprint density at radius 2 is 1.75 bits per heavy atom. The number of rotatable bonds is 8. The van der Waals surface area contributed by atoms with E-state index in [0.29, 0.717) is 6.61 Å². The number of hydrogen-bond donors (Lipinski definition) is 0. The summed E-state index contributed by atoms with van der Waals surface area (Å²) >= 11 is 0. The van der Waals surface area contributed by atoms with Gasteiger partial charge in [0.15, 0.2) is 6.29 Å². The van der Waals surface area contributed by atoms with Crippen LogP contribution < -0.4 is 0 Å². The molecule has 0 radical (unpaired) electrons. The predicted molar refractivity (Wildman–Crippen MR) is 86.9 cm³/mol. The van der Waals surface area contributed by atoms with Gasteiger partial charge in [-0.3, -0.25) is 0 Å². The molecule has 0 spiro atoms. The molecule has 0 heterocycles. The van der Waals surface area contributed by atoms with Crippen LogP contribution in [0.1, 0.15) is 65.0 Å². The van der Waals surface area contributed by atoms with Crippen molar-refractivity contribution in [1.82, 2.24) is 0 Å². The Balaban J connectivity index is 0.00000172. The molecule has 0 aliphatic heterocycles. The zero-order valence-corrected chi connectivity index (χ0v) is 14.1. The van der Waals surface area contributed by atoms with E-state index in [-0.39, 0.29) is 12.4 Å². The van der Waals surface area contributed by atoms with Gasteiger partial charge in [-0.05, 0) is 38.3 Å². The van der Waals surface area contributed by atoms with E-state index >= 15 is 0 Å². The third-order valence-corrected chi connectivity index (χ3v) is 3.12. The highest BCUT2D eigenvalue weighted by Gasteiger charge is 2.09. The van der Waals surface area contributed by atoms with Crippen LogP contribution in [0.15, 0.2) is 24.3 Å². The molecule has 0 amide bonds. The summed E-state index contributed by atoms with van der Waals surface area (Å²) in [6.07, 6.45) is 3.67. The number of hydrogen-bond acceptors (Lipinski definition) is 2. The number of unbranched alkanes of at least 4 members (excludes halogenated alkanes) is 1. The number of aryl methyl sites for hydroxylation is 1. The minimum atomic E-state index is -0.142. The van der Waals surface area contributed by atoms with Gasteiger partial charge in [-0.25, -0.2) is 0 Å². The van der Waals surface area contributed by atoms with E-state index in [1.165, 1.54) is 24.0 Å². The molecule has 0 fully saturated rings. The Labute approximate surface area is 125 Å². The van der Waals surface area contributed by atoms with E-state index in [9.17, 15) is 0 Å². The molecule has 116 valence electrons. The zero-order valence-electron chi connectivity index (χ0n) is 14.1. The van der Waals surface area contributed by atoms with E-state index < -0.39 is 0 Å². The van der Waals surface area contributed by atoms with Crippen molar-refractivity contribution in [1.29, 1.82) is 0 Å². The molecule has 0 bridgehead atoms. The minimum Gasteiger partial charge on any atom is -0.350 e. The predicted octanol–water partition coefficient (Wildman–Crippen LogP) is 5.48. The monoisotopic (exact) mass is 280 g/mol. The van der Waals surface area contributed by atoms with Gasteiger partial charge in [-0.2, -0.15) is 0 Å². The van der Waals surface area contributed by atoms with Crippen LogP contribution in [0.3, 0.4) is 0 Å². The summed E-state index contributed by atoms with van der Waals surface area (Å²) in [5, 5.41) is 0. The summed E-state index contributed by atoms with van der Waals surface area (Å²) in [5.41, 5.74) is 2.50. The van der Waals surface area contributed by atoms with E-state index in [4.69, 9.17) is 9.47 Å². The highest BCUT2D eigenvalue weighted by atomic mass is 16.7. The highest BCUT2D eigenvalue weighted by Crippen LogP contribution is 2.12. The third kappa shape index (κ3) is 8.34. The second-order valence-electron chi connectivity index (χ2n) is 4.89. The maximum Gasteiger partial charge on any atom is 0.155 e. The molecular weight excluding hydrogens is 248 g/mol. The molecule has 1 aromatic rings. The number of ether oxygens (including phenoxy) is 2. The van der Waals surface area contributed by atoms with Crippen molar-refractivity contribution in [3.63, 3.8) is 0 Å². The summed E-state index contributed by atoms with van der Waals surface area (Å²) in [4.78, 5) is 0. The Morgan fingerprint density at radius 3 is 2.35 bits per heavy atom. The van der Waals surface area contributed by atoms with Gasteiger partial charge in [0.2, 0.25) is 0 Å². The van der Waals surface area contributed by atoms with Gasteiger partial charge in [0, 0.05) is 0 Å². The quantitative estimate of drug-likeness (QED) is 0.587. The van der Waals surface area contributed by atoms with Gasteiger partial charge in [-0.1, -0.05) is 57.9 Å². The van der Waals surface area contributed by atoms with Crippen molar-refractivity contribution in [2.24, 2.45) is 0 Å². The van der Waals surface area contributed by atoms with Gasteiger partial charge in [-0.15, -0.1) is 0 Å². The van der Waals surface area contributed by atoms with Crippen LogP contribution >= 0.6 is 0 Å². The summed E-state index contributed by atoms with van der Waals surface area (Å²) in [6, 6.07) is 8.29. The SMILES string of the molecule is CC.CCCCC(C)OC(C)OCc1ccccc1C. The fourth-order valence-electron chi connectivity index (χ4n) is 1.91. The van der Waals surface area contributed by atoms with Crippen LogP contribution in [0.5, 0.6) is 0 Å².